The van der Waals surface area contributed by atoms with Gasteiger partial charge in [-0.15, -0.1) is 0 Å². The molecule has 2 unspecified atom stereocenters. The molecular formula is C53H105NO5. The highest BCUT2D eigenvalue weighted by molar-refractivity contribution is 5.76. The molecule has 6 nitrogen and oxygen atoms in total. The molecule has 0 aromatic heterocycles. The molecule has 0 radical (unpaired) electrons. The molecule has 0 heterocycles. The van der Waals surface area contributed by atoms with Crippen LogP contribution in [0.25, 0.3) is 0 Å². The van der Waals surface area contributed by atoms with Crippen molar-refractivity contribution < 1.29 is 24.5 Å². The summed E-state index contributed by atoms with van der Waals surface area (Å²) in [6.45, 7) is 4.94. The predicted octanol–water partition coefficient (Wildman–Crippen LogP) is 16.0. The second-order valence-corrected chi connectivity index (χ2v) is 18.6. The molecule has 352 valence electrons. The molecule has 0 bridgehead atoms. The van der Waals surface area contributed by atoms with Gasteiger partial charge in [-0.05, 0) is 25.7 Å². The first-order chi connectivity index (χ1) is 29.0. The highest BCUT2D eigenvalue weighted by Crippen LogP contribution is 2.17. The molecule has 2 atom stereocenters. The highest BCUT2D eigenvalue weighted by atomic mass is 16.5. The Hall–Kier alpha value is -1.14. The fraction of sp³-hybridized carbons (Fsp3) is 0.962. The van der Waals surface area contributed by atoms with Gasteiger partial charge in [0.05, 0.1) is 25.4 Å². The maximum Gasteiger partial charge on any atom is 0.305 e. The number of ether oxygens (including phenoxy) is 1. The lowest BCUT2D eigenvalue weighted by Crippen LogP contribution is -2.45. The lowest BCUT2D eigenvalue weighted by Gasteiger charge is -2.22. The third-order valence-electron chi connectivity index (χ3n) is 12.7. The average Bonchev–Trinajstić information content (AvgIpc) is 3.24. The molecule has 0 aromatic rings. The van der Waals surface area contributed by atoms with Crippen molar-refractivity contribution in [3.05, 3.63) is 0 Å². The van der Waals surface area contributed by atoms with Gasteiger partial charge in [-0.2, -0.15) is 0 Å². The number of hydrogen-bond acceptors (Lipinski definition) is 5. The molecule has 59 heavy (non-hydrogen) atoms. The Kier molecular flexibility index (Phi) is 48.6. The second kappa shape index (κ2) is 49.5. The van der Waals surface area contributed by atoms with E-state index in [1.807, 2.05) is 0 Å². The maximum atomic E-state index is 12.5. The Balaban J connectivity index is 3.45. The largest absolute Gasteiger partial charge is 0.466 e. The van der Waals surface area contributed by atoms with Gasteiger partial charge in [0.15, 0.2) is 0 Å². The summed E-state index contributed by atoms with van der Waals surface area (Å²) in [6, 6.07) is -0.551. The van der Waals surface area contributed by atoms with E-state index in [9.17, 15) is 19.8 Å². The summed E-state index contributed by atoms with van der Waals surface area (Å²) in [7, 11) is 0. The monoisotopic (exact) mass is 836 g/mol. The van der Waals surface area contributed by atoms with E-state index in [-0.39, 0.29) is 18.5 Å². The number of esters is 1. The van der Waals surface area contributed by atoms with Crippen molar-refractivity contribution in [1.82, 2.24) is 5.32 Å². The summed E-state index contributed by atoms with van der Waals surface area (Å²) >= 11 is 0. The number of nitrogens with one attached hydrogen (secondary N) is 1. The van der Waals surface area contributed by atoms with Crippen molar-refractivity contribution in [3.8, 4) is 0 Å². The fourth-order valence-electron chi connectivity index (χ4n) is 8.52. The summed E-state index contributed by atoms with van der Waals surface area (Å²) in [5.41, 5.74) is 0. The van der Waals surface area contributed by atoms with Crippen molar-refractivity contribution in [3.63, 3.8) is 0 Å². The molecule has 6 heteroatoms. The van der Waals surface area contributed by atoms with Crippen LogP contribution in [0, 0.1) is 0 Å². The van der Waals surface area contributed by atoms with Crippen LogP contribution in [0.4, 0.5) is 0 Å². The van der Waals surface area contributed by atoms with E-state index in [0.29, 0.717) is 25.9 Å². The van der Waals surface area contributed by atoms with Crippen molar-refractivity contribution in [1.29, 1.82) is 0 Å². The van der Waals surface area contributed by atoms with Gasteiger partial charge >= 0.3 is 5.97 Å². The van der Waals surface area contributed by atoms with E-state index >= 15 is 0 Å². The highest BCUT2D eigenvalue weighted by Gasteiger charge is 2.20. The topological polar surface area (TPSA) is 95.9 Å². The van der Waals surface area contributed by atoms with Crippen LogP contribution >= 0.6 is 0 Å². The standard InChI is InChI=1S/C53H105NO5/c1-3-5-7-9-11-13-15-17-18-19-20-22-25-29-33-37-41-45-51(56)50(49-55)54-52(57)46-42-38-34-30-26-23-24-28-32-36-40-44-48-59-53(58)47-43-39-35-31-27-21-16-14-12-10-8-6-4-2/h50-51,55-56H,3-49H2,1-2H3,(H,54,57). The summed E-state index contributed by atoms with van der Waals surface area (Å²) < 4.78 is 5.46. The molecule has 0 aliphatic carbocycles. The van der Waals surface area contributed by atoms with Crippen molar-refractivity contribution in [2.45, 2.75) is 315 Å². The minimum atomic E-state index is -0.673. The molecule has 1 amide bonds. The van der Waals surface area contributed by atoms with Gasteiger partial charge in [-0.3, -0.25) is 9.59 Å². The lowest BCUT2D eigenvalue weighted by atomic mass is 10.0. The summed E-state index contributed by atoms with van der Waals surface area (Å²) in [5, 5.41) is 23.3. The molecule has 0 spiro atoms. The zero-order valence-corrected chi connectivity index (χ0v) is 40.0. The van der Waals surface area contributed by atoms with Crippen molar-refractivity contribution in [2.75, 3.05) is 13.2 Å². The molecular weight excluding hydrogens is 731 g/mol. The maximum absolute atomic E-state index is 12.5. The average molecular weight is 836 g/mol. The van der Waals surface area contributed by atoms with Gasteiger partial charge in [-0.25, -0.2) is 0 Å². The lowest BCUT2D eigenvalue weighted by molar-refractivity contribution is -0.143. The summed E-state index contributed by atoms with van der Waals surface area (Å²) in [4.78, 5) is 24.5. The fourth-order valence-corrected chi connectivity index (χ4v) is 8.52. The molecule has 0 saturated carbocycles. The van der Waals surface area contributed by atoms with Gasteiger partial charge < -0.3 is 20.3 Å². The number of carbonyl (C=O) groups is 2. The van der Waals surface area contributed by atoms with E-state index in [2.05, 4.69) is 19.2 Å². The number of amides is 1. The Bertz CT molecular complexity index is 837. The molecule has 0 aliphatic heterocycles. The molecule has 0 aromatic carbocycles. The van der Waals surface area contributed by atoms with Crippen molar-refractivity contribution in [2.24, 2.45) is 0 Å². The van der Waals surface area contributed by atoms with Gasteiger partial charge in [-0.1, -0.05) is 264 Å². The third kappa shape index (κ3) is 46.2. The first kappa shape index (κ1) is 57.9. The normalized spacial score (nSPS) is 12.5. The van der Waals surface area contributed by atoms with Crippen LogP contribution < -0.4 is 5.32 Å². The molecule has 0 fully saturated rings. The van der Waals surface area contributed by atoms with Crippen LogP contribution in [0.3, 0.4) is 0 Å². The van der Waals surface area contributed by atoms with Crippen LogP contribution in [0.5, 0.6) is 0 Å². The molecule has 0 aliphatic rings. The van der Waals surface area contributed by atoms with Crippen LogP contribution in [-0.4, -0.2) is 47.4 Å². The predicted molar refractivity (Wildman–Crippen MR) is 255 cm³/mol. The number of aliphatic hydroxyl groups excluding tert-OH is 2. The zero-order chi connectivity index (χ0) is 43.0. The number of hydrogen-bond donors (Lipinski definition) is 3. The minimum Gasteiger partial charge on any atom is -0.466 e. The summed E-state index contributed by atoms with van der Waals surface area (Å²) in [5.74, 6) is -0.0543. The Morgan fingerprint density at radius 1 is 0.407 bits per heavy atom. The number of unbranched alkanes of at least 4 members (excludes halogenated alkanes) is 39. The van der Waals surface area contributed by atoms with Gasteiger partial charge in [0.2, 0.25) is 5.91 Å². The van der Waals surface area contributed by atoms with Crippen molar-refractivity contribution >= 4 is 11.9 Å². The van der Waals surface area contributed by atoms with E-state index in [1.54, 1.807) is 0 Å². The second-order valence-electron chi connectivity index (χ2n) is 18.6. The summed E-state index contributed by atoms with van der Waals surface area (Å²) in [6.07, 6.45) is 55.0. The molecule has 0 rings (SSSR count). The number of carbonyl (C=O) groups excluding carboxylic acids is 2. The van der Waals surface area contributed by atoms with E-state index < -0.39 is 12.1 Å². The molecule has 3 N–H and O–H groups in total. The number of rotatable bonds is 50. The first-order valence-corrected chi connectivity index (χ1v) is 26.8. The van der Waals surface area contributed by atoms with Crippen LogP contribution in [0.15, 0.2) is 0 Å². The van der Waals surface area contributed by atoms with Crippen LogP contribution in [-0.2, 0) is 14.3 Å². The number of aliphatic hydroxyl groups is 2. The van der Waals surface area contributed by atoms with Gasteiger partial charge in [0, 0.05) is 12.8 Å². The third-order valence-corrected chi connectivity index (χ3v) is 12.7. The van der Waals surface area contributed by atoms with Gasteiger partial charge in [0.1, 0.15) is 0 Å². The van der Waals surface area contributed by atoms with E-state index in [1.165, 1.54) is 212 Å². The van der Waals surface area contributed by atoms with E-state index in [0.717, 1.165) is 57.8 Å². The minimum absolute atomic E-state index is 0.00677. The Labute approximate surface area is 368 Å². The zero-order valence-electron chi connectivity index (χ0n) is 40.0. The smallest absolute Gasteiger partial charge is 0.305 e. The first-order valence-electron chi connectivity index (χ1n) is 26.8. The Morgan fingerprint density at radius 2 is 0.695 bits per heavy atom. The van der Waals surface area contributed by atoms with Crippen LogP contribution in [0.2, 0.25) is 0 Å². The SMILES string of the molecule is CCCCCCCCCCCCCCCCCCCC(O)C(CO)NC(=O)CCCCCCCCCCCCCCOC(=O)CCCCCCCCCCCCCCC. The van der Waals surface area contributed by atoms with Crippen LogP contribution in [0.1, 0.15) is 303 Å². The quantitative estimate of drug-likeness (QED) is 0.0419. The molecule has 0 saturated heterocycles. The van der Waals surface area contributed by atoms with E-state index in [4.69, 9.17) is 4.74 Å². The van der Waals surface area contributed by atoms with Gasteiger partial charge in [0.25, 0.3) is 0 Å². The Morgan fingerprint density at radius 3 is 1.03 bits per heavy atom.